The Kier molecular flexibility index (Phi) is 5.48. The standard InChI is InChI=1S/C10H10Br2N2O2/c1-2-16-10(15)7-13-14(12)9-5-3-8(11)4-6-9/h3-7H,2H2,1H3. The van der Waals surface area contributed by atoms with Crippen LogP contribution in [0.3, 0.4) is 0 Å². The summed E-state index contributed by atoms with van der Waals surface area (Å²) in [5.41, 5.74) is 0.809. The van der Waals surface area contributed by atoms with Crippen molar-refractivity contribution >= 4 is 49.9 Å². The van der Waals surface area contributed by atoms with E-state index in [0.717, 1.165) is 16.4 Å². The molecule has 0 aliphatic heterocycles. The molecule has 0 aliphatic carbocycles. The largest absolute Gasteiger partial charge is 0.462 e. The number of halogens is 2. The van der Waals surface area contributed by atoms with Crippen LogP contribution in [0.15, 0.2) is 33.8 Å². The van der Waals surface area contributed by atoms with Gasteiger partial charge in [-0.2, -0.15) is 9.14 Å². The number of ether oxygens (including phenoxy) is 1. The predicted octanol–water partition coefficient (Wildman–Crippen LogP) is 3.11. The topological polar surface area (TPSA) is 41.9 Å². The highest BCUT2D eigenvalue weighted by atomic mass is 79.9. The summed E-state index contributed by atoms with van der Waals surface area (Å²) in [6.07, 6.45) is 1.11. The van der Waals surface area contributed by atoms with Crippen LogP contribution in [0.2, 0.25) is 0 Å². The fourth-order valence-electron chi connectivity index (χ4n) is 0.908. The van der Waals surface area contributed by atoms with Crippen molar-refractivity contribution in [3.63, 3.8) is 0 Å². The third-order valence-corrected chi connectivity index (χ3v) is 2.71. The van der Waals surface area contributed by atoms with Crippen LogP contribution in [0.1, 0.15) is 6.92 Å². The minimum absolute atomic E-state index is 0.339. The van der Waals surface area contributed by atoms with Crippen molar-refractivity contribution in [2.75, 3.05) is 10.6 Å². The maximum atomic E-state index is 11.0. The molecule has 1 aromatic carbocycles. The molecule has 0 aromatic heterocycles. The first-order valence-corrected chi connectivity index (χ1v) is 6.06. The first-order valence-electron chi connectivity index (χ1n) is 4.55. The van der Waals surface area contributed by atoms with E-state index < -0.39 is 5.97 Å². The summed E-state index contributed by atoms with van der Waals surface area (Å²) >= 11 is 6.53. The first kappa shape index (κ1) is 13.2. The number of hydrazone groups is 1. The lowest BCUT2D eigenvalue weighted by molar-refractivity contribution is -0.134. The number of benzene rings is 1. The lowest BCUT2D eigenvalue weighted by atomic mass is 10.3. The summed E-state index contributed by atoms with van der Waals surface area (Å²) in [5.74, 6) is -0.468. The zero-order valence-electron chi connectivity index (χ0n) is 8.56. The van der Waals surface area contributed by atoms with Crippen LogP contribution in [0.4, 0.5) is 5.69 Å². The Hall–Kier alpha value is -0.880. The highest BCUT2D eigenvalue weighted by Crippen LogP contribution is 2.20. The van der Waals surface area contributed by atoms with Crippen molar-refractivity contribution in [3.8, 4) is 0 Å². The molecule has 0 amide bonds. The second-order valence-corrected chi connectivity index (χ2v) is 4.32. The zero-order chi connectivity index (χ0) is 12.0. The average molecular weight is 350 g/mol. The van der Waals surface area contributed by atoms with Crippen LogP contribution in [0.5, 0.6) is 0 Å². The number of carbonyl (C=O) groups excluding carboxylic acids is 1. The molecule has 0 fully saturated rings. The van der Waals surface area contributed by atoms with E-state index in [4.69, 9.17) is 4.74 Å². The van der Waals surface area contributed by atoms with Crippen molar-refractivity contribution < 1.29 is 9.53 Å². The third-order valence-electron chi connectivity index (χ3n) is 1.59. The van der Waals surface area contributed by atoms with E-state index in [0.29, 0.717) is 6.61 Å². The van der Waals surface area contributed by atoms with Gasteiger partial charge < -0.3 is 4.74 Å². The van der Waals surface area contributed by atoms with Crippen LogP contribution in [0, 0.1) is 0 Å². The molecule has 0 saturated carbocycles. The molecule has 0 unspecified atom stereocenters. The van der Waals surface area contributed by atoms with Crippen molar-refractivity contribution in [1.29, 1.82) is 0 Å². The molecule has 0 atom stereocenters. The molecule has 0 radical (unpaired) electrons. The van der Waals surface area contributed by atoms with Gasteiger partial charge in [-0.25, -0.2) is 4.79 Å². The lowest BCUT2D eigenvalue weighted by Gasteiger charge is -2.09. The van der Waals surface area contributed by atoms with Gasteiger partial charge in [0.15, 0.2) is 0 Å². The average Bonchev–Trinajstić information content (AvgIpc) is 2.27. The molecule has 0 heterocycles. The SMILES string of the molecule is CCOC(=O)C=NN(Br)c1ccc(Br)cc1. The van der Waals surface area contributed by atoms with Gasteiger partial charge in [-0.15, -0.1) is 0 Å². The van der Waals surface area contributed by atoms with Gasteiger partial charge >= 0.3 is 5.97 Å². The summed E-state index contributed by atoms with van der Waals surface area (Å²) in [5, 5.41) is 3.88. The molecule has 6 heteroatoms. The summed E-state index contributed by atoms with van der Waals surface area (Å²) < 4.78 is 7.10. The second kappa shape index (κ2) is 6.65. The predicted molar refractivity (Wildman–Crippen MR) is 70.7 cm³/mol. The zero-order valence-corrected chi connectivity index (χ0v) is 11.7. The number of carbonyl (C=O) groups is 1. The molecule has 86 valence electrons. The minimum Gasteiger partial charge on any atom is -0.462 e. The Morgan fingerprint density at radius 3 is 2.69 bits per heavy atom. The van der Waals surface area contributed by atoms with Crippen LogP contribution in [-0.2, 0) is 9.53 Å². The van der Waals surface area contributed by atoms with Gasteiger partial charge in [0, 0.05) is 4.47 Å². The van der Waals surface area contributed by atoms with Crippen LogP contribution < -0.4 is 4.03 Å². The smallest absolute Gasteiger partial charge is 0.351 e. The molecule has 0 bridgehead atoms. The van der Waals surface area contributed by atoms with E-state index in [1.54, 1.807) is 6.92 Å². The second-order valence-electron chi connectivity index (χ2n) is 2.73. The van der Waals surface area contributed by atoms with Crippen molar-refractivity contribution in [1.82, 2.24) is 0 Å². The normalized spacial score (nSPS) is 10.4. The maximum absolute atomic E-state index is 11.0. The van der Waals surface area contributed by atoms with E-state index in [1.807, 2.05) is 24.3 Å². The van der Waals surface area contributed by atoms with Gasteiger partial charge in [0.1, 0.15) is 6.21 Å². The number of nitrogens with zero attached hydrogens (tertiary/aromatic N) is 2. The Morgan fingerprint density at radius 2 is 2.12 bits per heavy atom. The number of hydrogen-bond donors (Lipinski definition) is 0. The lowest BCUT2D eigenvalue weighted by Crippen LogP contribution is -2.08. The Balaban J connectivity index is 2.61. The van der Waals surface area contributed by atoms with Gasteiger partial charge in [-0.1, -0.05) is 15.9 Å². The molecule has 0 aliphatic rings. The monoisotopic (exact) mass is 348 g/mol. The van der Waals surface area contributed by atoms with Crippen LogP contribution in [-0.4, -0.2) is 18.8 Å². The van der Waals surface area contributed by atoms with E-state index in [1.165, 1.54) is 4.03 Å². The molecular weight excluding hydrogens is 340 g/mol. The molecule has 16 heavy (non-hydrogen) atoms. The Morgan fingerprint density at radius 1 is 1.50 bits per heavy atom. The van der Waals surface area contributed by atoms with E-state index >= 15 is 0 Å². The van der Waals surface area contributed by atoms with Crippen molar-refractivity contribution in [2.24, 2.45) is 5.10 Å². The van der Waals surface area contributed by atoms with Gasteiger partial charge in [0.05, 0.1) is 28.4 Å². The van der Waals surface area contributed by atoms with E-state index in [-0.39, 0.29) is 0 Å². The van der Waals surface area contributed by atoms with Crippen molar-refractivity contribution in [2.45, 2.75) is 6.92 Å². The van der Waals surface area contributed by atoms with E-state index in [9.17, 15) is 4.79 Å². The molecule has 1 rings (SSSR count). The fraction of sp³-hybridized carbons (Fsp3) is 0.200. The molecule has 1 aromatic rings. The highest BCUT2D eigenvalue weighted by Gasteiger charge is 2.01. The van der Waals surface area contributed by atoms with E-state index in [2.05, 4.69) is 37.2 Å². The van der Waals surface area contributed by atoms with Crippen LogP contribution in [0.25, 0.3) is 0 Å². The molecular formula is C10H10Br2N2O2. The quantitative estimate of drug-likeness (QED) is 0.363. The number of anilines is 1. The molecule has 0 N–H and O–H groups in total. The minimum atomic E-state index is -0.468. The fourth-order valence-corrected chi connectivity index (χ4v) is 1.50. The Bertz CT molecular complexity index is 379. The van der Waals surface area contributed by atoms with Crippen molar-refractivity contribution in [3.05, 3.63) is 28.7 Å². The third kappa shape index (κ3) is 4.32. The van der Waals surface area contributed by atoms with Gasteiger partial charge in [0.25, 0.3) is 0 Å². The maximum Gasteiger partial charge on any atom is 0.351 e. The highest BCUT2D eigenvalue weighted by molar-refractivity contribution is 9.10. The summed E-state index contributed by atoms with van der Waals surface area (Å²) in [6.45, 7) is 2.08. The molecule has 0 spiro atoms. The Labute approximate surface area is 111 Å². The van der Waals surface area contributed by atoms with Gasteiger partial charge in [-0.3, -0.25) is 0 Å². The van der Waals surface area contributed by atoms with Crippen LogP contribution >= 0.6 is 32.1 Å². The summed E-state index contributed by atoms with van der Waals surface area (Å²) in [4.78, 5) is 11.0. The number of hydrogen-bond acceptors (Lipinski definition) is 4. The van der Waals surface area contributed by atoms with Gasteiger partial charge in [-0.05, 0) is 31.2 Å². The molecule has 4 nitrogen and oxygen atoms in total. The number of rotatable bonds is 4. The van der Waals surface area contributed by atoms with Gasteiger partial charge in [0.2, 0.25) is 0 Å². The first-order chi connectivity index (χ1) is 7.63. The summed E-state index contributed by atoms with van der Waals surface area (Å²) in [6, 6.07) is 7.45. The molecule has 0 saturated heterocycles. The number of esters is 1. The summed E-state index contributed by atoms with van der Waals surface area (Å²) in [7, 11) is 0.